The monoisotopic (exact) mass is 760 g/mol. The van der Waals surface area contributed by atoms with Crippen LogP contribution in [0.5, 0.6) is 0 Å². The predicted octanol–water partition coefficient (Wildman–Crippen LogP) is 12.6. The quantitative estimate of drug-likeness (QED) is 0.119. The molecule has 59 heavy (non-hydrogen) atoms. The maximum absolute atomic E-state index is 11.8. The van der Waals surface area contributed by atoms with Crippen LogP contribution in [0.15, 0.2) is 194 Å². The van der Waals surface area contributed by atoms with E-state index in [0.29, 0.717) is 17.5 Å². The fraction of sp³-hybridized carbons (Fsp3) is 0. The molecule has 0 spiro atoms. The Morgan fingerprint density at radius 2 is 0.949 bits per heavy atom. The first-order valence-electron chi connectivity index (χ1n) is 19.4. The fourth-order valence-electron chi connectivity index (χ4n) is 8.42. The molecule has 0 radical (unpaired) electrons. The summed E-state index contributed by atoms with van der Waals surface area (Å²) in [6.45, 7) is 0. The number of rotatable bonds is 7. The third-order valence-corrected chi connectivity index (χ3v) is 11.1. The summed E-state index contributed by atoms with van der Waals surface area (Å²) >= 11 is 0. The van der Waals surface area contributed by atoms with Crippen LogP contribution in [-0.4, -0.2) is 29.0 Å². The minimum Gasteiger partial charge on any atom is -0.309 e. The molecule has 0 N–H and O–H groups in total. The van der Waals surface area contributed by atoms with Crippen LogP contribution in [0.25, 0.3) is 100 Å². The van der Waals surface area contributed by atoms with E-state index in [2.05, 4.69) is 112 Å². The molecule has 3 aromatic heterocycles. The largest absolute Gasteiger partial charge is 0.309 e. The zero-order chi connectivity index (χ0) is 39.5. The van der Waals surface area contributed by atoms with E-state index in [-0.39, 0.29) is 10.6 Å². The van der Waals surface area contributed by atoms with Gasteiger partial charge in [0.2, 0.25) is 0 Å². The van der Waals surface area contributed by atoms with Gasteiger partial charge in [-0.05, 0) is 66.2 Å². The van der Waals surface area contributed by atoms with Crippen molar-refractivity contribution in [3.8, 4) is 56.7 Å². The second-order valence-electron chi connectivity index (χ2n) is 14.5. The molecule has 3 heterocycles. The number of benzene rings is 8. The van der Waals surface area contributed by atoms with Crippen LogP contribution in [-0.2, 0) is 0 Å². The first-order valence-corrected chi connectivity index (χ1v) is 19.4. The molecule has 0 aliphatic rings. The van der Waals surface area contributed by atoms with E-state index in [9.17, 15) is 10.1 Å². The fourth-order valence-corrected chi connectivity index (χ4v) is 8.42. The van der Waals surface area contributed by atoms with E-state index in [0.717, 1.165) is 82.8 Å². The average Bonchev–Trinajstić information content (AvgIpc) is 3.82. The van der Waals surface area contributed by atoms with Gasteiger partial charge in [-0.1, -0.05) is 121 Å². The normalized spacial score (nSPS) is 11.5. The summed E-state index contributed by atoms with van der Waals surface area (Å²) in [5.74, 6) is 1.65. The first kappa shape index (κ1) is 34.1. The van der Waals surface area contributed by atoms with Gasteiger partial charge in [0, 0.05) is 61.6 Å². The molecular formula is C51H32N6O2. The number of para-hydroxylation sites is 3. The standard InChI is InChI=1S/C51H32N6O2/c58-57(59)38-27-24-33(25-28-38)42-32-36(51-53-49(34-14-4-1-5-15-34)52-50(54-51)35-16-6-2-7-17-35)26-30-45(42)56-43-22-12-10-20-39(43)40-29-31-46-47(48(40)56)41-21-11-13-23-44(41)55(46)37-18-8-3-9-19-37/h1-32H. The maximum atomic E-state index is 11.8. The molecule has 0 saturated carbocycles. The lowest BCUT2D eigenvalue weighted by atomic mass is 9.99. The average molecular weight is 761 g/mol. The van der Waals surface area contributed by atoms with Crippen molar-refractivity contribution in [1.82, 2.24) is 24.1 Å². The molecule has 0 fully saturated rings. The minimum atomic E-state index is -0.367. The highest BCUT2D eigenvalue weighted by molar-refractivity contribution is 6.26. The third kappa shape index (κ3) is 5.65. The van der Waals surface area contributed by atoms with Crippen molar-refractivity contribution in [2.75, 3.05) is 0 Å². The van der Waals surface area contributed by atoms with Gasteiger partial charge in [0.1, 0.15) is 0 Å². The Kier molecular flexibility index (Phi) is 7.94. The van der Waals surface area contributed by atoms with Gasteiger partial charge < -0.3 is 9.13 Å². The zero-order valence-corrected chi connectivity index (χ0v) is 31.5. The summed E-state index contributed by atoms with van der Waals surface area (Å²) in [4.78, 5) is 26.5. The second-order valence-corrected chi connectivity index (χ2v) is 14.5. The van der Waals surface area contributed by atoms with Gasteiger partial charge in [-0.2, -0.15) is 0 Å². The van der Waals surface area contributed by atoms with E-state index < -0.39 is 0 Å². The second kappa shape index (κ2) is 13.8. The molecule has 8 aromatic carbocycles. The van der Waals surface area contributed by atoms with Gasteiger partial charge in [-0.3, -0.25) is 10.1 Å². The smallest absolute Gasteiger partial charge is 0.269 e. The van der Waals surface area contributed by atoms with Crippen molar-refractivity contribution in [1.29, 1.82) is 0 Å². The Balaban J connectivity index is 1.22. The Morgan fingerprint density at radius 3 is 1.58 bits per heavy atom. The predicted molar refractivity (Wildman–Crippen MR) is 237 cm³/mol. The summed E-state index contributed by atoms with van der Waals surface area (Å²) in [6.07, 6.45) is 0. The highest BCUT2D eigenvalue weighted by Gasteiger charge is 2.23. The number of non-ortho nitro benzene ring substituents is 1. The van der Waals surface area contributed by atoms with Gasteiger partial charge in [-0.25, -0.2) is 15.0 Å². The van der Waals surface area contributed by atoms with Gasteiger partial charge in [0.15, 0.2) is 17.5 Å². The highest BCUT2D eigenvalue weighted by Crippen LogP contribution is 2.44. The molecule has 0 aliphatic heterocycles. The Labute approximate surface area is 338 Å². The summed E-state index contributed by atoms with van der Waals surface area (Å²) in [7, 11) is 0. The molecular weight excluding hydrogens is 729 g/mol. The molecule has 8 nitrogen and oxygen atoms in total. The van der Waals surface area contributed by atoms with Crippen LogP contribution in [0.3, 0.4) is 0 Å². The summed E-state index contributed by atoms with van der Waals surface area (Å²) in [5.41, 5.74) is 10.6. The highest BCUT2D eigenvalue weighted by atomic mass is 16.6. The van der Waals surface area contributed by atoms with Crippen LogP contribution in [0, 0.1) is 10.1 Å². The van der Waals surface area contributed by atoms with E-state index in [4.69, 9.17) is 15.0 Å². The number of fused-ring (bicyclic) bond motifs is 7. The number of nitro benzene ring substituents is 1. The molecule has 0 saturated heterocycles. The Bertz CT molecular complexity index is 3340. The SMILES string of the molecule is O=[N+]([O-])c1ccc(-c2cc(-c3nc(-c4ccccc4)nc(-c4ccccc4)n3)ccc2-n2c3ccccc3c3ccc4c(c5ccccc5n4-c4ccccc4)c32)cc1. The summed E-state index contributed by atoms with van der Waals surface area (Å²) in [5, 5.41) is 16.4. The van der Waals surface area contributed by atoms with Gasteiger partial charge in [0.25, 0.3) is 5.69 Å². The van der Waals surface area contributed by atoms with Crippen molar-refractivity contribution in [2.45, 2.75) is 0 Å². The first-order chi connectivity index (χ1) is 29.1. The molecule has 0 aliphatic carbocycles. The van der Waals surface area contributed by atoms with Gasteiger partial charge >= 0.3 is 0 Å². The van der Waals surface area contributed by atoms with Gasteiger partial charge in [-0.15, -0.1) is 0 Å². The molecule has 8 heteroatoms. The van der Waals surface area contributed by atoms with Crippen molar-refractivity contribution >= 4 is 49.3 Å². The number of nitro groups is 1. The topological polar surface area (TPSA) is 91.7 Å². The summed E-state index contributed by atoms with van der Waals surface area (Å²) in [6, 6.07) is 64.9. The molecule has 0 unspecified atom stereocenters. The zero-order valence-electron chi connectivity index (χ0n) is 31.5. The van der Waals surface area contributed by atoms with E-state index >= 15 is 0 Å². The van der Waals surface area contributed by atoms with Crippen molar-refractivity contribution in [3.63, 3.8) is 0 Å². The Hall–Kier alpha value is -8.23. The number of aromatic nitrogens is 5. The van der Waals surface area contributed by atoms with Crippen LogP contribution < -0.4 is 0 Å². The minimum absolute atomic E-state index is 0.0243. The van der Waals surface area contributed by atoms with E-state index in [1.807, 2.05) is 78.9 Å². The summed E-state index contributed by atoms with van der Waals surface area (Å²) < 4.78 is 4.69. The number of nitrogens with zero attached hydrogens (tertiary/aromatic N) is 6. The van der Waals surface area contributed by atoms with Crippen LogP contribution in [0.2, 0.25) is 0 Å². The van der Waals surface area contributed by atoms with Crippen LogP contribution in [0.1, 0.15) is 0 Å². The van der Waals surface area contributed by atoms with Gasteiger partial charge in [0.05, 0.1) is 32.7 Å². The van der Waals surface area contributed by atoms with E-state index in [1.165, 1.54) is 0 Å². The molecule has 0 atom stereocenters. The molecule has 278 valence electrons. The number of hydrogen-bond acceptors (Lipinski definition) is 5. The lowest BCUT2D eigenvalue weighted by Crippen LogP contribution is -2.02. The maximum Gasteiger partial charge on any atom is 0.269 e. The van der Waals surface area contributed by atoms with Crippen LogP contribution in [0.4, 0.5) is 5.69 Å². The van der Waals surface area contributed by atoms with Crippen molar-refractivity contribution in [2.24, 2.45) is 0 Å². The number of hydrogen-bond donors (Lipinski definition) is 0. The van der Waals surface area contributed by atoms with Crippen molar-refractivity contribution in [3.05, 3.63) is 204 Å². The lowest BCUT2D eigenvalue weighted by molar-refractivity contribution is -0.384. The molecule has 0 amide bonds. The van der Waals surface area contributed by atoms with Crippen LogP contribution >= 0.6 is 0 Å². The third-order valence-electron chi connectivity index (χ3n) is 11.1. The lowest BCUT2D eigenvalue weighted by Gasteiger charge is -2.17. The van der Waals surface area contributed by atoms with E-state index in [1.54, 1.807) is 12.1 Å². The molecule has 11 rings (SSSR count). The Morgan fingerprint density at radius 1 is 0.424 bits per heavy atom. The molecule has 11 aromatic rings. The van der Waals surface area contributed by atoms with Crippen molar-refractivity contribution < 1.29 is 4.92 Å². The molecule has 0 bridgehead atoms.